The van der Waals surface area contributed by atoms with Crippen LogP contribution in [-0.4, -0.2) is 7.11 Å². The molecule has 0 spiro atoms. The van der Waals surface area contributed by atoms with E-state index in [0.29, 0.717) is 6.61 Å². The number of hydrogen-bond acceptors (Lipinski definition) is 3. The van der Waals surface area contributed by atoms with Gasteiger partial charge < -0.3 is 14.8 Å². The summed E-state index contributed by atoms with van der Waals surface area (Å²) in [6.45, 7) is 0.555. The highest BCUT2D eigenvalue weighted by Crippen LogP contribution is 2.38. The van der Waals surface area contributed by atoms with Gasteiger partial charge in [0.15, 0.2) is 0 Å². The summed E-state index contributed by atoms with van der Waals surface area (Å²) < 4.78 is 13.1. The van der Waals surface area contributed by atoms with Crippen LogP contribution in [-0.2, 0) is 6.61 Å². The van der Waals surface area contributed by atoms with Gasteiger partial charge in [0.1, 0.15) is 18.1 Å². The maximum Gasteiger partial charge on any atom is 0.144 e. The van der Waals surface area contributed by atoms with E-state index in [9.17, 15) is 0 Å². The van der Waals surface area contributed by atoms with Crippen molar-refractivity contribution in [2.75, 3.05) is 12.4 Å². The van der Waals surface area contributed by atoms with E-state index in [0.717, 1.165) is 37.4 Å². The minimum absolute atomic E-state index is 0.555. The van der Waals surface area contributed by atoms with Gasteiger partial charge in [-0.05, 0) is 57.9 Å². The SMILES string of the molecule is COc1cc(Br)cc(Br)c1Nc1ccc(OCc2ccccc2)cc1. The van der Waals surface area contributed by atoms with E-state index in [4.69, 9.17) is 9.47 Å². The first-order valence-corrected chi connectivity index (χ1v) is 9.31. The van der Waals surface area contributed by atoms with Crippen LogP contribution in [0.2, 0.25) is 0 Å². The molecule has 3 aromatic rings. The Hall–Kier alpha value is -1.98. The van der Waals surface area contributed by atoms with Gasteiger partial charge in [0.25, 0.3) is 0 Å². The molecule has 0 saturated carbocycles. The van der Waals surface area contributed by atoms with Crippen molar-refractivity contribution in [2.45, 2.75) is 6.61 Å². The average molecular weight is 463 g/mol. The zero-order valence-corrected chi connectivity index (χ0v) is 16.8. The molecular weight excluding hydrogens is 446 g/mol. The van der Waals surface area contributed by atoms with Crippen molar-refractivity contribution in [1.82, 2.24) is 0 Å². The van der Waals surface area contributed by atoms with Gasteiger partial charge in [-0.3, -0.25) is 0 Å². The molecule has 0 bridgehead atoms. The summed E-state index contributed by atoms with van der Waals surface area (Å²) in [4.78, 5) is 0. The van der Waals surface area contributed by atoms with Crippen LogP contribution in [0.25, 0.3) is 0 Å². The van der Waals surface area contributed by atoms with Crippen LogP contribution in [0.5, 0.6) is 11.5 Å². The predicted octanol–water partition coefficient (Wildman–Crippen LogP) is 6.54. The Morgan fingerprint density at radius 2 is 1.64 bits per heavy atom. The Labute approximate surface area is 164 Å². The molecule has 0 heterocycles. The van der Waals surface area contributed by atoms with E-state index in [2.05, 4.69) is 37.2 Å². The predicted molar refractivity (Wildman–Crippen MR) is 109 cm³/mol. The van der Waals surface area contributed by atoms with Gasteiger partial charge in [0, 0.05) is 14.6 Å². The molecule has 0 atom stereocenters. The van der Waals surface area contributed by atoms with Crippen molar-refractivity contribution in [3.05, 3.63) is 81.2 Å². The third-order valence-electron chi connectivity index (χ3n) is 3.61. The summed E-state index contributed by atoms with van der Waals surface area (Å²) >= 11 is 7.03. The number of anilines is 2. The molecule has 0 aliphatic carbocycles. The minimum Gasteiger partial charge on any atom is -0.494 e. The first kappa shape index (κ1) is 17.8. The van der Waals surface area contributed by atoms with E-state index in [1.165, 1.54) is 0 Å². The summed E-state index contributed by atoms with van der Waals surface area (Å²) in [7, 11) is 1.65. The number of hydrogen-bond donors (Lipinski definition) is 1. The highest BCUT2D eigenvalue weighted by molar-refractivity contribution is 9.11. The molecule has 0 saturated heterocycles. The second kappa shape index (κ2) is 8.41. The lowest BCUT2D eigenvalue weighted by Gasteiger charge is -2.14. The third kappa shape index (κ3) is 4.77. The van der Waals surface area contributed by atoms with Gasteiger partial charge in [0.2, 0.25) is 0 Å². The van der Waals surface area contributed by atoms with Crippen molar-refractivity contribution in [1.29, 1.82) is 0 Å². The highest BCUT2D eigenvalue weighted by Gasteiger charge is 2.10. The molecule has 3 rings (SSSR count). The molecule has 0 amide bonds. The van der Waals surface area contributed by atoms with Gasteiger partial charge >= 0.3 is 0 Å². The van der Waals surface area contributed by atoms with Crippen LogP contribution < -0.4 is 14.8 Å². The smallest absolute Gasteiger partial charge is 0.144 e. The second-order valence-electron chi connectivity index (χ2n) is 5.39. The molecule has 0 aliphatic rings. The van der Waals surface area contributed by atoms with Gasteiger partial charge in [-0.25, -0.2) is 0 Å². The fourth-order valence-electron chi connectivity index (χ4n) is 2.35. The number of nitrogens with one attached hydrogen (secondary N) is 1. The fraction of sp³-hybridized carbons (Fsp3) is 0.100. The van der Waals surface area contributed by atoms with Crippen LogP contribution in [0.4, 0.5) is 11.4 Å². The molecule has 0 unspecified atom stereocenters. The van der Waals surface area contributed by atoms with E-state index >= 15 is 0 Å². The van der Waals surface area contributed by atoms with Crippen LogP contribution in [0, 0.1) is 0 Å². The molecule has 0 aromatic heterocycles. The zero-order valence-electron chi connectivity index (χ0n) is 13.6. The molecule has 128 valence electrons. The van der Waals surface area contributed by atoms with Crippen molar-refractivity contribution in [3.8, 4) is 11.5 Å². The van der Waals surface area contributed by atoms with E-state index < -0.39 is 0 Å². The minimum atomic E-state index is 0.555. The maximum absolute atomic E-state index is 5.81. The normalized spacial score (nSPS) is 10.4. The maximum atomic E-state index is 5.81. The zero-order chi connectivity index (χ0) is 17.6. The van der Waals surface area contributed by atoms with Crippen molar-refractivity contribution >= 4 is 43.2 Å². The third-order valence-corrected chi connectivity index (χ3v) is 4.69. The van der Waals surface area contributed by atoms with Crippen molar-refractivity contribution < 1.29 is 9.47 Å². The van der Waals surface area contributed by atoms with Crippen LogP contribution in [0.15, 0.2) is 75.7 Å². The molecule has 0 fully saturated rings. The molecule has 0 radical (unpaired) electrons. The first-order valence-electron chi connectivity index (χ1n) is 7.72. The van der Waals surface area contributed by atoms with Gasteiger partial charge in [0.05, 0.1) is 12.8 Å². The monoisotopic (exact) mass is 461 g/mol. The Morgan fingerprint density at radius 3 is 2.32 bits per heavy atom. The van der Waals surface area contributed by atoms with Gasteiger partial charge in [-0.15, -0.1) is 0 Å². The number of ether oxygens (including phenoxy) is 2. The van der Waals surface area contributed by atoms with Crippen LogP contribution >= 0.6 is 31.9 Å². The van der Waals surface area contributed by atoms with Crippen LogP contribution in [0.3, 0.4) is 0 Å². The number of methoxy groups -OCH3 is 1. The molecule has 3 aromatic carbocycles. The molecule has 3 nitrogen and oxygen atoms in total. The summed E-state index contributed by atoms with van der Waals surface area (Å²) in [5, 5.41) is 3.37. The van der Waals surface area contributed by atoms with Gasteiger partial charge in [-0.2, -0.15) is 0 Å². The van der Waals surface area contributed by atoms with Gasteiger partial charge in [-0.1, -0.05) is 46.3 Å². The summed E-state index contributed by atoms with van der Waals surface area (Å²) in [5.74, 6) is 1.59. The quantitative estimate of drug-likeness (QED) is 0.450. The number of benzene rings is 3. The Balaban J connectivity index is 1.69. The largest absolute Gasteiger partial charge is 0.494 e. The molecule has 5 heteroatoms. The molecule has 0 aliphatic heterocycles. The number of halogens is 2. The standard InChI is InChI=1S/C20H17Br2NO2/c1-24-19-12-15(21)11-18(22)20(19)23-16-7-9-17(10-8-16)25-13-14-5-3-2-4-6-14/h2-12,23H,13H2,1H3. The molecule has 25 heavy (non-hydrogen) atoms. The van der Waals surface area contributed by atoms with E-state index in [-0.39, 0.29) is 0 Å². The lowest BCUT2D eigenvalue weighted by molar-refractivity contribution is 0.306. The first-order chi connectivity index (χ1) is 12.2. The van der Waals surface area contributed by atoms with Crippen LogP contribution in [0.1, 0.15) is 5.56 Å². The topological polar surface area (TPSA) is 30.5 Å². The molecule has 1 N–H and O–H groups in total. The summed E-state index contributed by atoms with van der Waals surface area (Å²) in [5.41, 5.74) is 2.98. The van der Waals surface area contributed by atoms with E-state index in [1.807, 2.05) is 66.7 Å². The lowest BCUT2D eigenvalue weighted by atomic mass is 10.2. The Bertz CT molecular complexity index is 836. The van der Waals surface area contributed by atoms with E-state index in [1.54, 1.807) is 7.11 Å². The number of rotatable bonds is 6. The highest BCUT2D eigenvalue weighted by atomic mass is 79.9. The Morgan fingerprint density at radius 1 is 0.920 bits per heavy atom. The Kier molecular flexibility index (Phi) is 6.00. The fourth-order valence-corrected chi connectivity index (χ4v) is 3.64. The second-order valence-corrected chi connectivity index (χ2v) is 7.16. The lowest BCUT2D eigenvalue weighted by Crippen LogP contribution is -1.97. The van der Waals surface area contributed by atoms with Crippen molar-refractivity contribution in [2.24, 2.45) is 0 Å². The average Bonchev–Trinajstić information content (AvgIpc) is 2.64. The molecular formula is C20H17Br2NO2. The van der Waals surface area contributed by atoms with Crippen molar-refractivity contribution in [3.63, 3.8) is 0 Å². The summed E-state index contributed by atoms with van der Waals surface area (Å²) in [6, 6.07) is 21.9. The summed E-state index contributed by atoms with van der Waals surface area (Å²) in [6.07, 6.45) is 0.